The Morgan fingerprint density at radius 3 is 2.71 bits per heavy atom. The molecular formula is C19H23NO4. The number of hydrogen-bond donors (Lipinski definition) is 1. The van der Waals surface area contributed by atoms with Crippen molar-refractivity contribution in [2.75, 3.05) is 13.7 Å². The van der Waals surface area contributed by atoms with E-state index in [0.29, 0.717) is 18.1 Å². The fraction of sp³-hybridized carbons (Fsp3) is 0.316. The van der Waals surface area contributed by atoms with Gasteiger partial charge in [0.2, 0.25) is 5.91 Å². The number of carbonyl (C=O) groups is 1. The summed E-state index contributed by atoms with van der Waals surface area (Å²) >= 11 is 0. The van der Waals surface area contributed by atoms with Gasteiger partial charge in [0.25, 0.3) is 0 Å². The first-order valence-corrected chi connectivity index (χ1v) is 7.89. The standard InChI is InChI=1S/C19H23NO4/c1-5-23-17-10-7-15(12-18(17)22-4)8-11-19(21)20-14(3)16-9-6-13(2)24-16/h6-12,14H,5H2,1-4H3,(H,20,21)/b11-8+. The van der Waals surface area contributed by atoms with Gasteiger partial charge in [0, 0.05) is 6.08 Å². The smallest absolute Gasteiger partial charge is 0.244 e. The summed E-state index contributed by atoms with van der Waals surface area (Å²) < 4.78 is 16.3. The molecule has 5 heteroatoms. The first kappa shape index (κ1) is 17.7. The van der Waals surface area contributed by atoms with Crippen LogP contribution in [0.5, 0.6) is 11.5 Å². The highest BCUT2D eigenvalue weighted by molar-refractivity contribution is 5.92. The molecule has 2 aromatic rings. The number of nitrogens with one attached hydrogen (secondary N) is 1. The maximum absolute atomic E-state index is 12.0. The summed E-state index contributed by atoms with van der Waals surface area (Å²) in [6.45, 7) is 6.23. The molecule has 128 valence electrons. The van der Waals surface area contributed by atoms with Crippen LogP contribution >= 0.6 is 0 Å². The lowest BCUT2D eigenvalue weighted by Crippen LogP contribution is -2.24. The van der Waals surface area contributed by atoms with Gasteiger partial charge < -0.3 is 19.2 Å². The van der Waals surface area contributed by atoms with Crippen molar-refractivity contribution < 1.29 is 18.7 Å². The van der Waals surface area contributed by atoms with E-state index >= 15 is 0 Å². The molecule has 1 aromatic carbocycles. The second-order valence-corrected chi connectivity index (χ2v) is 5.36. The van der Waals surface area contributed by atoms with Crippen LogP contribution in [0.3, 0.4) is 0 Å². The Balaban J connectivity index is 2.00. The van der Waals surface area contributed by atoms with Crippen LogP contribution in [0.1, 0.15) is 37.0 Å². The third kappa shape index (κ3) is 4.65. The summed E-state index contributed by atoms with van der Waals surface area (Å²) in [5.41, 5.74) is 0.854. The average molecular weight is 329 g/mol. The fourth-order valence-electron chi connectivity index (χ4n) is 2.25. The van der Waals surface area contributed by atoms with Crippen molar-refractivity contribution in [3.05, 3.63) is 53.5 Å². The monoisotopic (exact) mass is 329 g/mol. The molecule has 1 unspecified atom stereocenters. The number of furan rings is 1. The molecule has 0 bridgehead atoms. The normalized spacial score (nSPS) is 12.2. The summed E-state index contributed by atoms with van der Waals surface area (Å²) in [7, 11) is 1.59. The number of rotatable bonds is 7. The van der Waals surface area contributed by atoms with E-state index in [1.165, 1.54) is 6.08 Å². The minimum Gasteiger partial charge on any atom is -0.493 e. The number of hydrogen-bond acceptors (Lipinski definition) is 4. The number of carbonyl (C=O) groups excluding carboxylic acids is 1. The second-order valence-electron chi connectivity index (χ2n) is 5.36. The summed E-state index contributed by atoms with van der Waals surface area (Å²) in [4.78, 5) is 12.0. The van der Waals surface area contributed by atoms with E-state index < -0.39 is 0 Å². The van der Waals surface area contributed by atoms with Crippen molar-refractivity contribution in [1.29, 1.82) is 0 Å². The second kappa shape index (κ2) is 8.24. The molecule has 1 aromatic heterocycles. The Hall–Kier alpha value is -2.69. The van der Waals surface area contributed by atoms with E-state index in [1.54, 1.807) is 13.2 Å². The zero-order chi connectivity index (χ0) is 17.5. The van der Waals surface area contributed by atoms with Crippen molar-refractivity contribution in [2.45, 2.75) is 26.8 Å². The lowest BCUT2D eigenvalue weighted by molar-refractivity contribution is -0.117. The maximum Gasteiger partial charge on any atom is 0.244 e. The van der Waals surface area contributed by atoms with Crippen LogP contribution in [0.25, 0.3) is 6.08 Å². The van der Waals surface area contributed by atoms with E-state index in [9.17, 15) is 4.79 Å². The highest BCUT2D eigenvalue weighted by atomic mass is 16.5. The number of amides is 1. The number of ether oxygens (including phenoxy) is 2. The minimum atomic E-state index is -0.190. The molecule has 1 amide bonds. The van der Waals surface area contributed by atoms with Crippen molar-refractivity contribution in [1.82, 2.24) is 5.32 Å². The number of aryl methyl sites for hydroxylation is 1. The fourth-order valence-corrected chi connectivity index (χ4v) is 2.25. The van der Waals surface area contributed by atoms with Crippen LogP contribution < -0.4 is 14.8 Å². The van der Waals surface area contributed by atoms with Gasteiger partial charge in [0.1, 0.15) is 11.5 Å². The molecule has 5 nitrogen and oxygen atoms in total. The van der Waals surface area contributed by atoms with Gasteiger partial charge in [-0.1, -0.05) is 6.07 Å². The van der Waals surface area contributed by atoms with Gasteiger partial charge in [-0.3, -0.25) is 4.79 Å². The van der Waals surface area contributed by atoms with E-state index in [0.717, 1.165) is 17.1 Å². The Bertz CT molecular complexity index is 718. The van der Waals surface area contributed by atoms with Gasteiger partial charge in [-0.15, -0.1) is 0 Å². The molecule has 24 heavy (non-hydrogen) atoms. The van der Waals surface area contributed by atoms with E-state index in [2.05, 4.69) is 5.32 Å². The van der Waals surface area contributed by atoms with Crippen LogP contribution in [0, 0.1) is 6.92 Å². The van der Waals surface area contributed by atoms with Crippen LogP contribution in [0.15, 0.2) is 40.8 Å². The van der Waals surface area contributed by atoms with Gasteiger partial charge in [0.15, 0.2) is 11.5 Å². The van der Waals surface area contributed by atoms with Crippen LogP contribution in [-0.4, -0.2) is 19.6 Å². The van der Waals surface area contributed by atoms with Crippen molar-refractivity contribution in [2.24, 2.45) is 0 Å². The molecule has 0 aliphatic rings. The quantitative estimate of drug-likeness (QED) is 0.783. The molecule has 0 aliphatic carbocycles. The summed E-state index contributed by atoms with van der Waals surface area (Å²) in [6.07, 6.45) is 3.22. The van der Waals surface area contributed by atoms with Crippen molar-refractivity contribution in [3.8, 4) is 11.5 Å². The first-order chi connectivity index (χ1) is 11.5. The zero-order valence-corrected chi connectivity index (χ0v) is 14.5. The van der Waals surface area contributed by atoms with Gasteiger partial charge >= 0.3 is 0 Å². The average Bonchev–Trinajstić information content (AvgIpc) is 3.00. The van der Waals surface area contributed by atoms with E-state index in [4.69, 9.17) is 13.9 Å². The highest BCUT2D eigenvalue weighted by Crippen LogP contribution is 2.28. The Labute approximate surface area is 142 Å². The zero-order valence-electron chi connectivity index (χ0n) is 14.5. The molecule has 0 radical (unpaired) electrons. The lowest BCUT2D eigenvalue weighted by Gasteiger charge is -2.10. The van der Waals surface area contributed by atoms with Crippen LogP contribution in [0.2, 0.25) is 0 Å². The summed E-state index contributed by atoms with van der Waals surface area (Å²) in [5, 5.41) is 2.86. The van der Waals surface area contributed by atoms with E-state index in [-0.39, 0.29) is 11.9 Å². The molecule has 0 spiro atoms. The number of methoxy groups -OCH3 is 1. The molecule has 0 fully saturated rings. The van der Waals surface area contributed by atoms with Crippen LogP contribution in [-0.2, 0) is 4.79 Å². The SMILES string of the molecule is CCOc1ccc(/C=C/C(=O)NC(C)c2ccc(C)o2)cc1OC. The van der Waals surface area contributed by atoms with Gasteiger partial charge in [-0.05, 0) is 56.7 Å². The molecule has 2 rings (SSSR count). The van der Waals surface area contributed by atoms with Crippen molar-refractivity contribution >= 4 is 12.0 Å². The molecule has 0 saturated carbocycles. The van der Waals surface area contributed by atoms with Crippen LogP contribution in [0.4, 0.5) is 0 Å². The minimum absolute atomic E-state index is 0.189. The maximum atomic E-state index is 12.0. The molecule has 0 saturated heterocycles. The predicted molar refractivity (Wildman–Crippen MR) is 93.2 cm³/mol. The topological polar surface area (TPSA) is 60.7 Å². The van der Waals surface area contributed by atoms with Crippen molar-refractivity contribution in [3.63, 3.8) is 0 Å². The number of benzene rings is 1. The Kier molecular flexibility index (Phi) is 6.07. The van der Waals surface area contributed by atoms with E-state index in [1.807, 2.05) is 51.1 Å². The Morgan fingerprint density at radius 2 is 2.08 bits per heavy atom. The van der Waals surface area contributed by atoms with Gasteiger partial charge in [-0.25, -0.2) is 0 Å². The summed E-state index contributed by atoms with van der Waals surface area (Å²) in [5.74, 6) is 2.69. The molecule has 0 aliphatic heterocycles. The molecular weight excluding hydrogens is 306 g/mol. The Morgan fingerprint density at radius 1 is 1.29 bits per heavy atom. The third-order valence-electron chi connectivity index (χ3n) is 3.46. The largest absolute Gasteiger partial charge is 0.493 e. The highest BCUT2D eigenvalue weighted by Gasteiger charge is 2.11. The summed E-state index contributed by atoms with van der Waals surface area (Å²) in [6, 6.07) is 9.07. The lowest BCUT2D eigenvalue weighted by atomic mass is 10.2. The van der Waals surface area contributed by atoms with Gasteiger partial charge in [-0.2, -0.15) is 0 Å². The molecule has 1 N–H and O–H groups in total. The predicted octanol–water partition coefficient (Wildman–Crippen LogP) is 3.89. The first-order valence-electron chi connectivity index (χ1n) is 7.89. The molecule has 1 atom stereocenters. The van der Waals surface area contributed by atoms with Gasteiger partial charge in [0.05, 0.1) is 19.8 Å². The molecule has 1 heterocycles. The third-order valence-corrected chi connectivity index (χ3v) is 3.46.